The summed E-state index contributed by atoms with van der Waals surface area (Å²) < 4.78 is 10.9. The van der Waals surface area contributed by atoms with Crippen molar-refractivity contribution in [2.75, 3.05) is 39.9 Å². The molecule has 1 fully saturated rings. The molecule has 1 unspecified atom stereocenters. The van der Waals surface area contributed by atoms with Gasteiger partial charge in [0.15, 0.2) is 11.7 Å². The van der Waals surface area contributed by atoms with Gasteiger partial charge in [-0.05, 0) is 25.0 Å². The number of hydrogen-bond acceptors (Lipinski definition) is 6. The summed E-state index contributed by atoms with van der Waals surface area (Å²) >= 11 is 1.86. The summed E-state index contributed by atoms with van der Waals surface area (Å²) in [6.07, 6.45) is 0. The number of thiophene rings is 1. The number of morpholine rings is 1. The molecule has 0 bridgehead atoms. The molecule has 0 aromatic carbocycles. The lowest BCUT2D eigenvalue weighted by Crippen LogP contribution is -2.46. The lowest BCUT2D eigenvalue weighted by Gasteiger charge is -2.34. The molecule has 0 radical (unpaired) electrons. The van der Waals surface area contributed by atoms with Crippen molar-refractivity contribution in [1.29, 1.82) is 0 Å². The predicted octanol–water partition coefficient (Wildman–Crippen LogP) is 2.91. The fraction of sp³-hybridized carbons (Fsp3) is 0.600. The molecule has 154 valence electrons. The minimum absolute atomic E-state index is 0.305. The highest BCUT2D eigenvalue weighted by molar-refractivity contribution is 7.12. The number of hydrogen-bond donors (Lipinski definition) is 2. The van der Waals surface area contributed by atoms with Crippen molar-refractivity contribution >= 4 is 17.3 Å². The lowest BCUT2D eigenvalue weighted by molar-refractivity contribution is 0.0177. The van der Waals surface area contributed by atoms with Crippen molar-refractivity contribution in [3.8, 4) is 0 Å². The van der Waals surface area contributed by atoms with E-state index in [0.29, 0.717) is 18.5 Å². The summed E-state index contributed by atoms with van der Waals surface area (Å²) in [7, 11) is 1.79. The van der Waals surface area contributed by atoms with Crippen LogP contribution in [0.4, 0.5) is 0 Å². The van der Waals surface area contributed by atoms with E-state index in [2.05, 4.69) is 58.6 Å². The number of rotatable bonds is 7. The molecule has 8 heteroatoms. The van der Waals surface area contributed by atoms with Crippen molar-refractivity contribution in [3.63, 3.8) is 0 Å². The highest BCUT2D eigenvalue weighted by Crippen LogP contribution is 2.27. The largest absolute Gasteiger partial charge is 0.379 e. The van der Waals surface area contributed by atoms with Gasteiger partial charge in [0.2, 0.25) is 0 Å². The maximum atomic E-state index is 5.53. The first kappa shape index (κ1) is 20.8. The van der Waals surface area contributed by atoms with E-state index in [1.165, 1.54) is 9.75 Å². The molecule has 0 spiro atoms. The SMILES string of the molecule is CN=C(NCc1cc(C(C)C)no1)NCC(c1ccc(C)s1)N1CCOCC1. The maximum Gasteiger partial charge on any atom is 0.191 e. The molecule has 0 saturated carbocycles. The second kappa shape index (κ2) is 10.0. The molecule has 1 aliphatic rings. The van der Waals surface area contributed by atoms with E-state index in [1.807, 2.05) is 17.4 Å². The minimum atomic E-state index is 0.305. The standard InChI is InChI=1S/C20H31N5O2S/c1-14(2)17-11-16(27-24-17)12-22-20(21-4)23-13-18(19-6-5-15(3)28-19)25-7-9-26-10-8-25/h5-6,11,14,18H,7-10,12-13H2,1-4H3,(H2,21,22,23). The van der Waals surface area contributed by atoms with Gasteiger partial charge in [-0.1, -0.05) is 19.0 Å². The monoisotopic (exact) mass is 405 g/mol. The van der Waals surface area contributed by atoms with E-state index in [-0.39, 0.29) is 0 Å². The molecule has 1 atom stereocenters. The van der Waals surface area contributed by atoms with Gasteiger partial charge in [-0.2, -0.15) is 0 Å². The molecule has 2 aromatic rings. The Hall–Kier alpha value is -1.90. The summed E-state index contributed by atoms with van der Waals surface area (Å²) in [4.78, 5) is 9.55. The quantitative estimate of drug-likeness (QED) is 0.545. The van der Waals surface area contributed by atoms with E-state index in [0.717, 1.165) is 50.3 Å². The number of aliphatic imine (C=N–C) groups is 1. The smallest absolute Gasteiger partial charge is 0.191 e. The van der Waals surface area contributed by atoms with Gasteiger partial charge in [0, 0.05) is 42.5 Å². The number of aryl methyl sites for hydroxylation is 1. The Morgan fingerprint density at radius 1 is 1.29 bits per heavy atom. The Morgan fingerprint density at radius 3 is 2.68 bits per heavy atom. The Morgan fingerprint density at radius 2 is 2.07 bits per heavy atom. The first-order valence-electron chi connectivity index (χ1n) is 9.85. The maximum absolute atomic E-state index is 5.53. The zero-order chi connectivity index (χ0) is 19.9. The van der Waals surface area contributed by atoms with Crippen molar-refractivity contribution < 1.29 is 9.26 Å². The van der Waals surface area contributed by atoms with E-state index >= 15 is 0 Å². The van der Waals surface area contributed by atoms with Gasteiger partial charge in [-0.3, -0.25) is 9.89 Å². The summed E-state index contributed by atoms with van der Waals surface area (Å²) in [6.45, 7) is 11.2. The highest BCUT2D eigenvalue weighted by Gasteiger charge is 2.24. The first-order chi connectivity index (χ1) is 13.6. The molecule has 0 aliphatic carbocycles. The normalized spacial score (nSPS) is 17.1. The van der Waals surface area contributed by atoms with Crippen molar-refractivity contribution in [1.82, 2.24) is 20.7 Å². The molecular formula is C20H31N5O2S. The molecule has 28 heavy (non-hydrogen) atoms. The van der Waals surface area contributed by atoms with Gasteiger partial charge in [-0.15, -0.1) is 11.3 Å². The number of aromatic nitrogens is 1. The van der Waals surface area contributed by atoms with Gasteiger partial charge >= 0.3 is 0 Å². The average Bonchev–Trinajstić information content (AvgIpc) is 3.34. The molecule has 0 amide bonds. The highest BCUT2D eigenvalue weighted by atomic mass is 32.1. The first-order valence-corrected chi connectivity index (χ1v) is 10.7. The predicted molar refractivity (Wildman–Crippen MR) is 113 cm³/mol. The molecule has 3 heterocycles. The van der Waals surface area contributed by atoms with Crippen LogP contribution < -0.4 is 10.6 Å². The third-order valence-electron chi connectivity index (χ3n) is 4.86. The third-order valence-corrected chi connectivity index (χ3v) is 5.96. The zero-order valence-electron chi connectivity index (χ0n) is 17.2. The topological polar surface area (TPSA) is 74.9 Å². The number of nitrogens with one attached hydrogen (secondary N) is 2. The summed E-state index contributed by atoms with van der Waals surface area (Å²) in [5.41, 5.74) is 0.972. The van der Waals surface area contributed by atoms with Gasteiger partial charge in [0.05, 0.1) is 31.5 Å². The van der Waals surface area contributed by atoms with E-state index < -0.39 is 0 Å². The zero-order valence-corrected chi connectivity index (χ0v) is 18.0. The second-order valence-corrected chi connectivity index (χ2v) is 8.61. The Labute approximate surface area is 171 Å². The van der Waals surface area contributed by atoms with Crippen LogP contribution in [-0.2, 0) is 11.3 Å². The Bertz CT molecular complexity index is 764. The molecule has 2 N–H and O–H groups in total. The van der Waals surface area contributed by atoms with Crippen molar-refractivity contribution in [3.05, 3.63) is 39.4 Å². The van der Waals surface area contributed by atoms with Crippen LogP contribution in [0.5, 0.6) is 0 Å². The van der Waals surface area contributed by atoms with E-state index in [9.17, 15) is 0 Å². The van der Waals surface area contributed by atoms with Gasteiger partial charge in [0.25, 0.3) is 0 Å². The van der Waals surface area contributed by atoms with Crippen LogP contribution >= 0.6 is 11.3 Å². The molecular weight excluding hydrogens is 374 g/mol. The van der Waals surface area contributed by atoms with Crippen LogP contribution in [-0.4, -0.2) is 55.9 Å². The van der Waals surface area contributed by atoms with Crippen LogP contribution in [0.2, 0.25) is 0 Å². The number of ether oxygens (including phenoxy) is 1. The molecule has 2 aromatic heterocycles. The Balaban J connectivity index is 1.58. The van der Waals surface area contributed by atoms with Crippen LogP contribution in [0.25, 0.3) is 0 Å². The van der Waals surface area contributed by atoms with Crippen molar-refractivity contribution in [2.24, 2.45) is 4.99 Å². The number of guanidine groups is 1. The average molecular weight is 406 g/mol. The fourth-order valence-electron chi connectivity index (χ4n) is 3.20. The molecule has 7 nitrogen and oxygen atoms in total. The van der Waals surface area contributed by atoms with Gasteiger partial charge in [-0.25, -0.2) is 0 Å². The fourth-order valence-corrected chi connectivity index (χ4v) is 4.21. The van der Waals surface area contributed by atoms with Crippen LogP contribution in [0, 0.1) is 6.92 Å². The van der Waals surface area contributed by atoms with Crippen LogP contribution in [0.15, 0.2) is 27.7 Å². The van der Waals surface area contributed by atoms with Crippen molar-refractivity contribution in [2.45, 2.75) is 39.3 Å². The van der Waals surface area contributed by atoms with Crippen LogP contribution in [0.1, 0.15) is 47.0 Å². The summed E-state index contributed by atoms with van der Waals surface area (Å²) in [5.74, 6) is 1.93. The summed E-state index contributed by atoms with van der Waals surface area (Å²) in [6, 6.07) is 6.73. The van der Waals surface area contributed by atoms with Gasteiger partial charge < -0.3 is 19.9 Å². The summed E-state index contributed by atoms with van der Waals surface area (Å²) in [5, 5.41) is 10.9. The third kappa shape index (κ3) is 5.56. The second-order valence-electron chi connectivity index (χ2n) is 7.29. The molecule has 1 saturated heterocycles. The Kier molecular flexibility index (Phi) is 7.47. The molecule has 1 aliphatic heterocycles. The van der Waals surface area contributed by atoms with E-state index in [1.54, 1.807) is 7.05 Å². The van der Waals surface area contributed by atoms with E-state index in [4.69, 9.17) is 9.26 Å². The van der Waals surface area contributed by atoms with Gasteiger partial charge in [0.1, 0.15) is 0 Å². The lowest BCUT2D eigenvalue weighted by atomic mass is 10.1. The van der Waals surface area contributed by atoms with Crippen LogP contribution in [0.3, 0.4) is 0 Å². The molecule has 3 rings (SSSR count). The minimum Gasteiger partial charge on any atom is -0.379 e. The number of nitrogens with zero attached hydrogens (tertiary/aromatic N) is 3.